The smallest absolute Gasteiger partial charge is 0.144 e. The predicted molar refractivity (Wildman–Crippen MR) is 68.0 cm³/mol. The third kappa shape index (κ3) is 2.94. The number of benzene rings is 1. The van der Waals surface area contributed by atoms with E-state index in [0.29, 0.717) is 21.8 Å². The Hall–Kier alpha value is -1.62. The number of anilines is 1. The molecule has 1 N–H and O–H groups in total. The van der Waals surface area contributed by atoms with E-state index in [-0.39, 0.29) is 5.82 Å². The molecular weight excluding hydrogens is 287 g/mol. The second-order valence-corrected chi connectivity index (χ2v) is 4.16. The molecule has 0 saturated heterocycles. The number of hydrogen-bond donors (Lipinski definition) is 1. The summed E-state index contributed by atoms with van der Waals surface area (Å²) >= 11 is 3.30. The van der Waals surface area contributed by atoms with Gasteiger partial charge in [-0.05, 0) is 34.1 Å². The van der Waals surface area contributed by atoms with E-state index < -0.39 is 0 Å². The molecule has 2 aromatic rings. The molecule has 88 valence electrons. The lowest BCUT2D eigenvalue weighted by Gasteiger charge is -2.08. The van der Waals surface area contributed by atoms with Gasteiger partial charge in [-0.1, -0.05) is 0 Å². The molecule has 0 radical (unpaired) electrons. The zero-order valence-corrected chi connectivity index (χ0v) is 10.7. The quantitative estimate of drug-likeness (QED) is 0.935. The van der Waals surface area contributed by atoms with Gasteiger partial charge in [0.1, 0.15) is 23.1 Å². The van der Waals surface area contributed by atoms with Crippen molar-refractivity contribution in [3.05, 3.63) is 46.8 Å². The molecule has 17 heavy (non-hydrogen) atoms. The Labute approximate surface area is 107 Å². The standard InChI is InChI=1S/C12H10BrFN2O/c1-15-12-7-9(4-5-16-12)17-11-6-8(14)2-3-10(11)13/h2-7H,1H3,(H,15,16). The highest BCUT2D eigenvalue weighted by Crippen LogP contribution is 2.30. The van der Waals surface area contributed by atoms with Gasteiger partial charge in [-0.2, -0.15) is 0 Å². The lowest BCUT2D eigenvalue weighted by Crippen LogP contribution is -1.93. The summed E-state index contributed by atoms with van der Waals surface area (Å²) in [6.07, 6.45) is 1.62. The predicted octanol–water partition coefficient (Wildman–Crippen LogP) is 3.82. The Bertz CT molecular complexity index is 534. The van der Waals surface area contributed by atoms with Crippen LogP contribution in [-0.2, 0) is 0 Å². The molecule has 3 nitrogen and oxygen atoms in total. The van der Waals surface area contributed by atoms with E-state index in [9.17, 15) is 4.39 Å². The zero-order valence-electron chi connectivity index (χ0n) is 9.08. The minimum absolute atomic E-state index is 0.342. The van der Waals surface area contributed by atoms with E-state index in [0.717, 1.165) is 0 Å². The topological polar surface area (TPSA) is 34.1 Å². The number of rotatable bonds is 3. The van der Waals surface area contributed by atoms with Crippen molar-refractivity contribution in [3.8, 4) is 11.5 Å². The Balaban J connectivity index is 2.27. The summed E-state index contributed by atoms with van der Waals surface area (Å²) < 4.78 is 19.3. The van der Waals surface area contributed by atoms with Gasteiger partial charge in [0.05, 0.1) is 4.47 Å². The van der Waals surface area contributed by atoms with Crippen molar-refractivity contribution in [1.29, 1.82) is 0 Å². The Morgan fingerprint density at radius 2 is 2.12 bits per heavy atom. The highest BCUT2D eigenvalue weighted by atomic mass is 79.9. The van der Waals surface area contributed by atoms with Gasteiger partial charge in [-0.3, -0.25) is 0 Å². The minimum atomic E-state index is -0.342. The fourth-order valence-corrected chi connectivity index (χ4v) is 1.62. The largest absolute Gasteiger partial charge is 0.456 e. The average Bonchev–Trinajstić information content (AvgIpc) is 2.34. The van der Waals surface area contributed by atoms with Crippen LogP contribution >= 0.6 is 15.9 Å². The highest BCUT2D eigenvalue weighted by Gasteiger charge is 2.05. The van der Waals surface area contributed by atoms with Crippen LogP contribution in [0.15, 0.2) is 41.0 Å². The maximum atomic E-state index is 13.1. The second-order valence-electron chi connectivity index (χ2n) is 3.30. The van der Waals surface area contributed by atoms with Crippen LogP contribution < -0.4 is 10.1 Å². The molecule has 1 heterocycles. The normalized spacial score (nSPS) is 10.1. The first-order chi connectivity index (χ1) is 8.19. The van der Waals surface area contributed by atoms with Crippen molar-refractivity contribution in [2.45, 2.75) is 0 Å². The van der Waals surface area contributed by atoms with Gasteiger partial charge < -0.3 is 10.1 Å². The van der Waals surface area contributed by atoms with E-state index in [4.69, 9.17) is 4.74 Å². The van der Waals surface area contributed by atoms with Crippen molar-refractivity contribution in [2.24, 2.45) is 0 Å². The van der Waals surface area contributed by atoms with E-state index in [1.165, 1.54) is 12.1 Å². The number of pyridine rings is 1. The summed E-state index contributed by atoms with van der Waals surface area (Å²) in [6.45, 7) is 0. The van der Waals surface area contributed by atoms with Crippen LogP contribution in [0.2, 0.25) is 0 Å². The summed E-state index contributed by atoms with van der Waals surface area (Å²) in [5, 5.41) is 2.90. The number of nitrogens with one attached hydrogen (secondary N) is 1. The fourth-order valence-electron chi connectivity index (χ4n) is 1.29. The first-order valence-electron chi connectivity index (χ1n) is 4.96. The second kappa shape index (κ2) is 5.14. The summed E-state index contributed by atoms with van der Waals surface area (Å²) in [6, 6.07) is 7.73. The molecule has 0 spiro atoms. The first-order valence-corrected chi connectivity index (χ1v) is 5.75. The van der Waals surface area contributed by atoms with Gasteiger partial charge in [-0.15, -0.1) is 0 Å². The summed E-state index contributed by atoms with van der Waals surface area (Å²) in [5.74, 6) is 1.37. The first kappa shape index (κ1) is 11.9. The monoisotopic (exact) mass is 296 g/mol. The lowest BCUT2D eigenvalue weighted by molar-refractivity contribution is 0.473. The SMILES string of the molecule is CNc1cc(Oc2cc(F)ccc2Br)ccn1. The van der Waals surface area contributed by atoms with Gasteiger partial charge in [0.2, 0.25) is 0 Å². The van der Waals surface area contributed by atoms with Gasteiger partial charge in [0.25, 0.3) is 0 Å². The van der Waals surface area contributed by atoms with Crippen LogP contribution in [0.5, 0.6) is 11.5 Å². The molecule has 5 heteroatoms. The Morgan fingerprint density at radius 3 is 2.88 bits per heavy atom. The zero-order chi connectivity index (χ0) is 12.3. The van der Waals surface area contributed by atoms with E-state index in [2.05, 4.69) is 26.2 Å². The van der Waals surface area contributed by atoms with Crippen molar-refractivity contribution >= 4 is 21.7 Å². The molecule has 0 aliphatic heterocycles. The number of ether oxygens (including phenoxy) is 1. The van der Waals surface area contributed by atoms with Crippen LogP contribution in [0.3, 0.4) is 0 Å². The van der Waals surface area contributed by atoms with Crippen LogP contribution in [0.4, 0.5) is 10.2 Å². The van der Waals surface area contributed by atoms with Crippen LogP contribution in [0, 0.1) is 5.82 Å². The molecule has 2 rings (SSSR count). The maximum Gasteiger partial charge on any atom is 0.144 e. The van der Waals surface area contributed by atoms with E-state index in [1.54, 1.807) is 31.4 Å². The Kier molecular flexibility index (Phi) is 3.58. The molecule has 0 amide bonds. The van der Waals surface area contributed by atoms with E-state index >= 15 is 0 Å². The van der Waals surface area contributed by atoms with E-state index in [1.807, 2.05) is 0 Å². The number of nitrogens with zero attached hydrogens (tertiary/aromatic N) is 1. The molecule has 0 atom stereocenters. The Morgan fingerprint density at radius 1 is 1.29 bits per heavy atom. The molecule has 0 fully saturated rings. The van der Waals surface area contributed by atoms with Crippen LogP contribution in [-0.4, -0.2) is 12.0 Å². The third-order valence-electron chi connectivity index (χ3n) is 2.11. The van der Waals surface area contributed by atoms with Crippen LogP contribution in [0.25, 0.3) is 0 Å². The highest BCUT2D eigenvalue weighted by molar-refractivity contribution is 9.10. The number of halogens is 2. The van der Waals surface area contributed by atoms with Crippen LogP contribution in [0.1, 0.15) is 0 Å². The minimum Gasteiger partial charge on any atom is -0.456 e. The number of hydrogen-bond acceptors (Lipinski definition) is 3. The van der Waals surface area contributed by atoms with Gasteiger partial charge in [0, 0.05) is 25.4 Å². The van der Waals surface area contributed by atoms with Crippen molar-refractivity contribution in [1.82, 2.24) is 4.98 Å². The van der Waals surface area contributed by atoms with Gasteiger partial charge in [-0.25, -0.2) is 9.37 Å². The molecular formula is C12H10BrFN2O. The molecule has 0 aliphatic carbocycles. The summed E-state index contributed by atoms with van der Waals surface area (Å²) in [5.41, 5.74) is 0. The van der Waals surface area contributed by atoms with Gasteiger partial charge in [0.15, 0.2) is 0 Å². The van der Waals surface area contributed by atoms with Crippen molar-refractivity contribution in [2.75, 3.05) is 12.4 Å². The number of aromatic nitrogens is 1. The summed E-state index contributed by atoms with van der Waals surface area (Å²) in [7, 11) is 1.77. The molecule has 1 aromatic heterocycles. The third-order valence-corrected chi connectivity index (χ3v) is 2.76. The average molecular weight is 297 g/mol. The maximum absolute atomic E-state index is 13.1. The molecule has 0 bridgehead atoms. The molecule has 1 aromatic carbocycles. The van der Waals surface area contributed by atoms with Gasteiger partial charge >= 0.3 is 0 Å². The fraction of sp³-hybridized carbons (Fsp3) is 0.0833. The molecule has 0 aliphatic rings. The molecule has 0 unspecified atom stereocenters. The molecule has 0 saturated carbocycles. The summed E-state index contributed by atoms with van der Waals surface area (Å²) in [4.78, 5) is 4.06. The lowest BCUT2D eigenvalue weighted by atomic mass is 10.3. The van der Waals surface area contributed by atoms with Crippen molar-refractivity contribution in [3.63, 3.8) is 0 Å². The van der Waals surface area contributed by atoms with Crippen molar-refractivity contribution < 1.29 is 9.13 Å².